The molecule has 0 unspecified atom stereocenters. The SMILES string of the molecule is Cl.Cl.N#CC[C@@H]1CNCCN1. The largest absolute Gasteiger partial charge is 0.314 e. The highest BCUT2D eigenvalue weighted by molar-refractivity contribution is 5.85. The zero-order chi connectivity index (χ0) is 6.53. The van der Waals surface area contributed by atoms with Gasteiger partial charge in [0.2, 0.25) is 0 Å². The standard InChI is InChI=1S/C6H11N3.2ClH/c7-2-1-6-5-8-3-4-9-6;;/h6,8-9H,1,3-5H2;2*1H/t6-;;/m1../s1. The number of hydrogen-bond donors (Lipinski definition) is 2. The lowest BCUT2D eigenvalue weighted by Crippen LogP contribution is -2.47. The summed E-state index contributed by atoms with van der Waals surface area (Å²) in [5.41, 5.74) is 0. The normalized spacial score (nSPS) is 22.3. The lowest BCUT2D eigenvalue weighted by atomic mass is 10.2. The third-order valence-corrected chi connectivity index (χ3v) is 1.46. The minimum Gasteiger partial charge on any atom is -0.314 e. The van der Waals surface area contributed by atoms with Crippen LogP contribution in [0.3, 0.4) is 0 Å². The molecule has 0 aromatic heterocycles. The minimum absolute atomic E-state index is 0. The quantitative estimate of drug-likeness (QED) is 0.637. The Balaban J connectivity index is 0. The van der Waals surface area contributed by atoms with Gasteiger partial charge in [0.05, 0.1) is 12.5 Å². The summed E-state index contributed by atoms with van der Waals surface area (Å²) in [6.07, 6.45) is 0.618. The van der Waals surface area contributed by atoms with E-state index in [1.165, 1.54) is 0 Å². The summed E-state index contributed by atoms with van der Waals surface area (Å²) in [7, 11) is 0. The Hall–Kier alpha value is -0.0100. The van der Waals surface area contributed by atoms with Crippen LogP contribution >= 0.6 is 24.8 Å². The fourth-order valence-electron chi connectivity index (χ4n) is 0.968. The zero-order valence-corrected chi connectivity index (χ0v) is 7.80. The van der Waals surface area contributed by atoms with Gasteiger partial charge in [0.25, 0.3) is 0 Å². The van der Waals surface area contributed by atoms with Gasteiger partial charge in [-0.2, -0.15) is 5.26 Å². The highest BCUT2D eigenvalue weighted by Gasteiger charge is 2.09. The van der Waals surface area contributed by atoms with Crippen LogP contribution in [0.4, 0.5) is 0 Å². The van der Waals surface area contributed by atoms with Gasteiger partial charge in [-0.15, -0.1) is 24.8 Å². The minimum atomic E-state index is 0. The smallest absolute Gasteiger partial charge is 0.0638 e. The molecule has 0 radical (unpaired) electrons. The topological polar surface area (TPSA) is 47.9 Å². The van der Waals surface area contributed by atoms with Crippen LogP contribution in [0.2, 0.25) is 0 Å². The number of halogens is 2. The van der Waals surface area contributed by atoms with E-state index >= 15 is 0 Å². The Morgan fingerprint density at radius 1 is 1.36 bits per heavy atom. The fourth-order valence-corrected chi connectivity index (χ4v) is 0.968. The highest BCUT2D eigenvalue weighted by atomic mass is 35.5. The molecule has 1 saturated heterocycles. The van der Waals surface area contributed by atoms with Gasteiger partial charge in [-0.1, -0.05) is 0 Å². The van der Waals surface area contributed by atoms with Crippen molar-refractivity contribution >= 4 is 24.8 Å². The molecule has 0 spiro atoms. The van der Waals surface area contributed by atoms with E-state index in [2.05, 4.69) is 16.7 Å². The van der Waals surface area contributed by atoms with Crippen molar-refractivity contribution in [2.24, 2.45) is 0 Å². The molecule has 1 fully saturated rings. The first-order chi connectivity index (χ1) is 4.43. The van der Waals surface area contributed by atoms with Crippen LogP contribution in [0, 0.1) is 11.3 Å². The number of piperazine rings is 1. The van der Waals surface area contributed by atoms with Crippen LogP contribution < -0.4 is 10.6 Å². The van der Waals surface area contributed by atoms with Gasteiger partial charge >= 0.3 is 0 Å². The summed E-state index contributed by atoms with van der Waals surface area (Å²) in [6, 6.07) is 2.51. The molecule has 3 nitrogen and oxygen atoms in total. The molecule has 0 saturated carbocycles. The third-order valence-electron chi connectivity index (χ3n) is 1.46. The summed E-state index contributed by atoms with van der Waals surface area (Å²) >= 11 is 0. The molecular formula is C6H13Cl2N3. The van der Waals surface area contributed by atoms with E-state index in [0.717, 1.165) is 19.6 Å². The molecule has 11 heavy (non-hydrogen) atoms. The Kier molecular flexibility index (Phi) is 9.98. The second-order valence-corrected chi connectivity index (χ2v) is 2.22. The molecule has 1 rings (SSSR count). The summed E-state index contributed by atoms with van der Waals surface area (Å²) in [5.74, 6) is 0. The van der Waals surface area contributed by atoms with Gasteiger partial charge in [-0.3, -0.25) is 0 Å². The first kappa shape index (κ1) is 13.6. The Labute approximate surface area is 79.4 Å². The number of hydrogen-bond acceptors (Lipinski definition) is 3. The Morgan fingerprint density at radius 2 is 2.09 bits per heavy atom. The molecule has 0 aliphatic carbocycles. The number of rotatable bonds is 1. The fraction of sp³-hybridized carbons (Fsp3) is 0.833. The first-order valence-electron chi connectivity index (χ1n) is 3.24. The molecule has 1 heterocycles. The number of nitrogens with one attached hydrogen (secondary N) is 2. The van der Waals surface area contributed by atoms with Crippen molar-refractivity contribution in [2.45, 2.75) is 12.5 Å². The van der Waals surface area contributed by atoms with Crippen molar-refractivity contribution in [3.8, 4) is 6.07 Å². The monoisotopic (exact) mass is 197 g/mol. The molecule has 1 aliphatic heterocycles. The van der Waals surface area contributed by atoms with Crippen molar-refractivity contribution < 1.29 is 0 Å². The lowest BCUT2D eigenvalue weighted by molar-refractivity contribution is 0.423. The first-order valence-corrected chi connectivity index (χ1v) is 3.24. The van der Waals surface area contributed by atoms with Crippen LogP contribution in [-0.4, -0.2) is 25.7 Å². The Bertz CT molecular complexity index is 117. The zero-order valence-electron chi connectivity index (χ0n) is 6.17. The van der Waals surface area contributed by atoms with Crippen LogP contribution in [0.5, 0.6) is 0 Å². The second kappa shape index (κ2) is 8.09. The van der Waals surface area contributed by atoms with Crippen molar-refractivity contribution in [3.05, 3.63) is 0 Å². The van der Waals surface area contributed by atoms with Crippen LogP contribution in [-0.2, 0) is 0 Å². The van der Waals surface area contributed by atoms with E-state index in [1.54, 1.807) is 0 Å². The van der Waals surface area contributed by atoms with E-state index in [9.17, 15) is 0 Å². The predicted molar refractivity (Wildman–Crippen MR) is 49.4 cm³/mol. The summed E-state index contributed by atoms with van der Waals surface area (Å²) in [6.45, 7) is 2.96. The van der Waals surface area contributed by atoms with Crippen molar-refractivity contribution in [3.63, 3.8) is 0 Å². The molecule has 1 aliphatic rings. The van der Waals surface area contributed by atoms with Crippen molar-refractivity contribution in [1.29, 1.82) is 5.26 Å². The molecule has 66 valence electrons. The highest BCUT2D eigenvalue weighted by Crippen LogP contribution is 1.90. The van der Waals surface area contributed by atoms with Crippen LogP contribution in [0.25, 0.3) is 0 Å². The molecule has 0 aromatic rings. The second-order valence-electron chi connectivity index (χ2n) is 2.22. The number of nitriles is 1. The van der Waals surface area contributed by atoms with Crippen LogP contribution in [0.15, 0.2) is 0 Å². The lowest BCUT2D eigenvalue weighted by Gasteiger charge is -2.21. The van der Waals surface area contributed by atoms with Gasteiger partial charge in [0.15, 0.2) is 0 Å². The molecular weight excluding hydrogens is 185 g/mol. The third kappa shape index (κ3) is 5.28. The van der Waals surface area contributed by atoms with E-state index in [1.807, 2.05) is 0 Å². The van der Waals surface area contributed by atoms with E-state index in [4.69, 9.17) is 5.26 Å². The van der Waals surface area contributed by atoms with Crippen molar-refractivity contribution in [2.75, 3.05) is 19.6 Å². The van der Waals surface area contributed by atoms with Gasteiger partial charge in [0, 0.05) is 25.7 Å². The maximum atomic E-state index is 8.30. The van der Waals surface area contributed by atoms with E-state index in [0.29, 0.717) is 12.5 Å². The summed E-state index contributed by atoms with van der Waals surface area (Å²) in [5, 5.41) is 14.7. The maximum absolute atomic E-state index is 8.30. The Morgan fingerprint density at radius 3 is 2.55 bits per heavy atom. The van der Waals surface area contributed by atoms with Crippen LogP contribution in [0.1, 0.15) is 6.42 Å². The number of nitrogens with zero attached hydrogens (tertiary/aromatic N) is 1. The molecule has 1 atom stereocenters. The molecule has 0 amide bonds. The van der Waals surface area contributed by atoms with Gasteiger partial charge in [-0.25, -0.2) is 0 Å². The van der Waals surface area contributed by atoms with E-state index < -0.39 is 0 Å². The molecule has 0 bridgehead atoms. The predicted octanol–water partition coefficient (Wildman–Crippen LogP) is 0.305. The van der Waals surface area contributed by atoms with Gasteiger partial charge in [0.1, 0.15) is 0 Å². The maximum Gasteiger partial charge on any atom is 0.0638 e. The summed E-state index contributed by atoms with van der Waals surface area (Å²) < 4.78 is 0. The molecule has 2 N–H and O–H groups in total. The molecule has 0 aromatic carbocycles. The van der Waals surface area contributed by atoms with Gasteiger partial charge < -0.3 is 10.6 Å². The average molecular weight is 198 g/mol. The van der Waals surface area contributed by atoms with Crippen molar-refractivity contribution in [1.82, 2.24) is 10.6 Å². The van der Waals surface area contributed by atoms with Gasteiger partial charge in [-0.05, 0) is 0 Å². The molecule has 5 heteroatoms. The van der Waals surface area contributed by atoms with E-state index in [-0.39, 0.29) is 24.8 Å². The average Bonchev–Trinajstić information content (AvgIpc) is 1.91. The summed E-state index contributed by atoms with van der Waals surface area (Å²) in [4.78, 5) is 0.